The van der Waals surface area contributed by atoms with Crippen molar-refractivity contribution in [3.05, 3.63) is 35.4 Å². The zero-order chi connectivity index (χ0) is 13.2. The van der Waals surface area contributed by atoms with Crippen molar-refractivity contribution in [3.63, 3.8) is 0 Å². The number of hydrogen-bond acceptors (Lipinski definition) is 1. The molecule has 0 radical (unpaired) electrons. The molecular weight excluding hydrogens is 220 g/mol. The van der Waals surface area contributed by atoms with Crippen molar-refractivity contribution in [2.45, 2.75) is 58.8 Å². The van der Waals surface area contributed by atoms with Crippen molar-refractivity contribution in [1.29, 1.82) is 0 Å². The molecule has 1 heteroatoms. The number of aryl methyl sites for hydroxylation is 1. The van der Waals surface area contributed by atoms with E-state index in [1.54, 1.807) is 0 Å². The smallest absolute Gasteiger partial charge is 0.0431 e. The molecular formula is C17H28O. The van der Waals surface area contributed by atoms with Crippen molar-refractivity contribution >= 4 is 0 Å². The zero-order valence-electron chi connectivity index (χ0n) is 12.0. The Hall–Kier alpha value is -0.820. The third-order valence-corrected chi connectivity index (χ3v) is 3.67. The van der Waals surface area contributed by atoms with Crippen LogP contribution in [0.15, 0.2) is 24.3 Å². The van der Waals surface area contributed by atoms with Gasteiger partial charge in [-0.25, -0.2) is 0 Å². The van der Waals surface area contributed by atoms with E-state index in [4.69, 9.17) is 5.11 Å². The van der Waals surface area contributed by atoms with E-state index in [1.165, 1.54) is 36.8 Å². The summed E-state index contributed by atoms with van der Waals surface area (Å²) in [4.78, 5) is 0. The molecule has 1 atom stereocenters. The molecule has 1 N–H and O–H groups in total. The molecule has 0 aliphatic heterocycles. The first kappa shape index (κ1) is 15.2. The maximum absolute atomic E-state index is 8.86. The fraction of sp³-hybridized carbons (Fsp3) is 0.647. The first-order valence-electron chi connectivity index (χ1n) is 7.48. The number of rotatable bonds is 9. The Bertz CT molecular complexity index is 302. The Morgan fingerprint density at radius 2 is 1.61 bits per heavy atom. The minimum Gasteiger partial charge on any atom is -0.396 e. The van der Waals surface area contributed by atoms with Gasteiger partial charge in [-0.1, -0.05) is 63.8 Å². The van der Waals surface area contributed by atoms with Crippen molar-refractivity contribution in [2.75, 3.05) is 6.61 Å². The van der Waals surface area contributed by atoms with Crippen molar-refractivity contribution in [1.82, 2.24) is 0 Å². The second-order valence-electron chi connectivity index (χ2n) is 5.25. The molecule has 1 aromatic carbocycles. The molecule has 0 aromatic heterocycles. The standard InChI is InChI=1S/C17H28O/c1-3-7-16(8-5-6-13-18)14-17-11-9-15(4-2)10-12-17/h9-12,16,18H,3-8,13-14H2,1-2H3. The van der Waals surface area contributed by atoms with E-state index in [9.17, 15) is 0 Å². The van der Waals surface area contributed by atoms with Gasteiger partial charge in [0.1, 0.15) is 0 Å². The Balaban J connectivity index is 2.47. The SMILES string of the molecule is CCCC(CCCCO)Cc1ccc(CC)cc1. The minimum atomic E-state index is 0.337. The summed E-state index contributed by atoms with van der Waals surface area (Å²) in [6.45, 7) is 4.80. The van der Waals surface area contributed by atoms with Gasteiger partial charge < -0.3 is 5.11 Å². The minimum absolute atomic E-state index is 0.337. The molecule has 0 saturated heterocycles. The fourth-order valence-corrected chi connectivity index (χ4v) is 2.55. The molecule has 0 amide bonds. The molecule has 0 aliphatic carbocycles. The average molecular weight is 248 g/mol. The molecule has 0 aliphatic rings. The molecule has 1 rings (SSSR count). The van der Waals surface area contributed by atoms with Crippen LogP contribution in [-0.2, 0) is 12.8 Å². The van der Waals surface area contributed by atoms with Crippen LogP contribution in [0, 0.1) is 5.92 Å². The Kier molecular flexibility index (Phi) is 7.75. The second-order valence-corrected chi connectivity index (χ2v) is 5.25. The van der Waals surface area contributed by atoms with Gasteiger partial charge in [0.15, 0.2) is 0 Å². The van der Waals surface area contributed by atoms with Gasteiger partial charge in [0.2, 0.25) is 0 Å². The van der Waals surface area contributed by atoms with Crippen LogP contribution >= 0.6 is 0 Å². The van der Waals surface area contributed by atoms with Crippen LogP contribution in [0.5, 0.6) is 0 Å². The highest BCUT2D eigenvalue weighted by Gasteiger charge is 2.08. The normalized spacial score (nSPS) is 12.6. The van der Waals surface area contributed by atoms with E-state index in [1.807, 2.05) is 0 Å². The first-order valence-corrected chi connectivity index (χ1v) is 7.48. The monoisotopic (exact) mass is 248 g/mol. The van der Waals surface area contributed by atoms with Crippen LogP contribution in [0.3, 0.4) is 0 Å². The highest BCUT2D eigenvalue weighted by molar-refractivity contribution is 5.22. The van der Waals surface area contributed by atoms with Crippen LogP contribution in [0.2, 0.25) is 0 Å². The number of benzene rings is 1. The average Bonchev–Trinajstić information content (AvgIpc) is 2.40. The summed E-state index contributed by atoms with van der Waals surface area (Å²) in [6, 6.07) is 9.08. The van der Waals surface area contributed by atoms with E-state index < -0.39 is 0 Å². The fourth-order valence-electron chi connectivity index (χ4n) is 2.55. The Morgan fingerprint density at radius 1 is 0.944 bits per heavy atom. The van der Waals surface area contributed by atoms with Crippen molar-refractivity contribution in [3.8, 4) is 0 Å². The van der Waals surface area contributed by atoms with Crippen LogP contribution in [0.1, 0.15) is 57.1 Å². The maximum atomic E-state index is 8.86. The molecule has 1 unspecified atom stereocenters. The molecule has 102 valence electrons. The van der Waals surface area contributed by atoms with Crippen LogP contribution in [0.25, 0.3) is 0 Å². The quantitative estimate of drug-likeness (QED) is 0.643. The molecule has 0 fully saturated rings. The molecule has 0 heterocycles. The Labute approximate surface area is 112 Å². The van der Waals surface area contributed by atoms with Gasteiger partial charge in [0, 0.05) is 6.61 Å². The summed E-state index contributed by atoms with van der Waals surface area (Å²) in [5.41, 5.74) is 2.89. The lowest BCUT2D eigenvalue weighted by atomic mass is 9.90. The van der Waals surface area contributed by atoms with Gasteiger partial charge in [0.05, 0.1) is 0 Å². The third kappa shape index (κ3) is 5.68. The lowest BCUT2D eigenvalue weighted by Gasteiger charge is -2.16. The molecule has 0 saturated carbocycles. The number of aliphatic hydroxyl groups excluding tert-OH is 1. The van der Waals surface area contributed by atoms with Crippen LogP contribution in [0.4, 0.5) is 0 Å². The highest BCUT2D eigenvalue weighted by atomic mass is 16.2. The van der Waals surface area contributed by atoms with Gasteiger partial charge in [-0.3, -0.25) is 0 Å². The molecule has 0 spiro atoms. The van der Waals surface area contributed by atoms with Gasteiger partial charge in [0.25, 0.3) is 0 Å². The lowest BCUT2D eigenvalue weighted by molar-refractivity contribution is 0.276. The summed E-state index contributed by atoms with van der Waals surface area (Å²) in [6.07, 6.45) is 8.25. The van der Waals surface area contributed by atoms with Gasteiger partial charge in [-0.05, 0) is 36.3 Å². The van der Waals surface area contributed by atoms with Gasteiger partial charge >= 0.3 is 0 Å². The van der Waals surface area contributed by atoms with E-state index in [2.05, 4.69) is 38.1 Å². The second kappa shape index (κ2) is 9.16. The largest absolute Gasteiger partial charge is 0.396 e. The topological polar surface area (TPSA) is 20.2 Å². The summed E-state index contributed by atoms with van der Waals surface area (Å²) < 4.78 is 0. The Morgan fingerprint density at radius 3 is 2.17 bits per heavy atom. The molecule has 1 nitrogen and oxygen atoms in total. The summed E-state index contributed by atoms with van der Waals surface area (Å²) in [7, 11) is 0. The summed E-state index contributed by atoms with van der Waals surface area (Å²) in [5.74, 6) is 0.786. The van der Waals surface area contributed by atoms with Gasteiger partial charge in [-0.2, -0.15) is 0 Å². The highest BCUT2D eigenvalue weighted by Crippen LogP contribution is 2.20. The number of unbranched alkanes of at least 4 members (excludes halogenated alkanes) is 1. The number of hydrogen-bond donors (Lipinski definition) is 1. The van der Waals surface area contributed by atoms with E-state index in [-0.39, 0.29) is 0 Å². The molecule has 18 heavy (non-hydrogen) atoms. The predicted molar refractivity (Wildman–Crippen MR) is 78.9 cm³/mol. The van der Waals surface area contributed by atoms with Crippen molar-refractivity contribution < 1.29 is 5.11 Å². The lowest BCUT2D eigenvalue weighted by Crippen LogP contribution is -2.05. The molecule has 0 bridgehead atoms. The van der Waals surface area contributed by atoms with Crippen LogP contribution < -0.4 is 0 Å². The van der Waals surface area contributed by atoms with E-state index in [0.717, 1.165) is 25.2 Å². The van der Waals surface area contributed by atoms with E-state index >= 15 is 0 Å². The predicted octanol–water partition coefficient (Wildman–Crippen LogP) is 4.37. The summed E-state index contributed by atoms with van der Waals surface area (Å²) >= 11 is 0. The van der Waals surface area contributed by atoms with Crippen LogP contribution in [-0.4, -0.2) is 11.7 Å². The summed E-state index contributed by atoms with van der Waals surface area (Å²) in [5, 5.41) is 8.86. The maximum Gasteiger partial charge on any atom is 0.0431 e. The van der Waals surface area contributed by atoms with Crippen molar-refractivity contribution in [2.24, 2.45) is 5.92 Å². The van der Waals surface area contributed by atoms with Gasteiger partial charge in [-0.15, -0.1) is 0 Å². The number of aliphatic hydroxyl groups is 1. The third-order valence-electron chi connectivity index (χ3n) is 3.67. The van der Waals surface area contributed by atoms with E-state index in [0.29, 0.717) is 6.61 Å². The molecule has 1 aromatic rings. The first-order chi connectivity index (χ1) is 8.80. The zero-order valence-corrected chi connectivity index (χ0v) is 12.0.